The van der Waals surface area contributed by atoms with Crippen LogP contribution in [0, 0.1) is 6.92 Å². The van der Waals surface area contributed by atoms with E-state index in [0.717, 1.165) is 12.2 Å². The molecule has 19 heavy (non-hydrogen) atoms. The van der Waals surface area contributed by atoms with Crippen molar-refractivity contribution in [2.24, 2.45) is 0 Å². The molecule has 3 heteroatoms. The maximum Gasteiger partial charge on any atom is 0.0375 e. The van der Waals surface area contributed by atoms with Crippen molar-refractivity contribution in [1.29, 1.82) is 0 Å². The molecular formula is C16H19N3. The topological polar surface area (TPSA) is 29.0 Å². The van der Waals surface area contributed by atoms with Gasteiger partial charge in [0.1, 0.15) is 0 Å². The predicted octanol–water partition coefficient (Wildman–Crippen LogP) is 3.12. The normalized spacial score (nSPS) is 19.7. The van der Waals surface area contributed by atoms with Gasteiger partial charge in [-0.3, -0.25) is 14.9 Å². The van der Waals surface area contributed by atoms with Crippen molar-refractivity contribution < 1.29 is 0 Å². The van der Waals surface area contributed by atoms with Crippen LogP contribution in [0.4, 0.5) is 0 Å². The smallest absolute Gasteiger partial charge is 0.0375 e. The van der Waals surface area contributed by atoms with Gasteiger partial charge in [-0.2, -0.15) is 0 Å². The first-order valence-corrected chi connectivity index (χ1v) is 6.88. The van der Waals surface area contributed by atoms with E-state index < -0.39 is 0 Å². The molecule has 0 radical (unpaired) electrons. The largest absolute Gasteiger partial charge is 0.292 e. The zero-order valence-electron chi connectivity index (χ0n) is 11.3. The first-order valence-electron chi connectivity index (χ1n) is 6.88. The highest BCUT2D eigenvalue weighted by molar-refractivity contribution is 5.19. The van der Waals surface area contributed by atoms with Gasteiger partial charge in [-0.15, -0.1) is 0 Å². The molecule has 0 N–H and O–H groups in total. The molecule has 0 bridgehead atoms. The Bertz CT molecular complexity index is 539. The number of hydrogen-bond donors (Lipinski definition) is 0. The number of aromatic nitrogens is 2. The molecule has 1 fully saturated rings. The van der Waals surface area contributed by atoms with E-state index in [9.17, 15) is 0 Å². The van der Waals surface area contributed by atoms with Gasteiger partial charge in [-0.1, -0.05) is 6.07 Å². The molecule has 1 saturated heterocycles. The Kier molecular flexibility index (Phi) is 3.56. The fourth-order valence-electron chi connectivity index (χ4n) is 2.90. The van der Waals surface area contributed by atoms with Crippen LogP contribution in [0.15, 0.2) is 42.9 Å². The van der Waals surface area contributed by atoms with Gasteiger partial charge in [0.25, 0.3) is 0 Å². The van der Waals surface area contributed by atoms with Gasteiger partial charge in [0, 0.05) is 36.9 Å². The van der Waals surface area contributed by atoms with Crippen LogP contribution in [0.2, 0.25) is 0 Å². The van der Waals surface area contributed by atoms with Gasteiger partial charge in [0.2, 0.25) is 0 Å². The van der Waals surface area contributed by atoms with E-state index in [1.807, 2.05) is 31.6 Å². The van der Waals surface area contributed by atoms with Gasteiger partial charge in [0.15, 0.2) is 0 Å². The molecule has 1 aliphatic rings. The summed E-state index contributed by atoms with van der Waals surface area (Å²) >= 11 is 0. The summed E-state index contributed by atoms with van der Waals surface area (Å²) in [5.41, 5.74) is 3.78. The van der Waals surface area contributed by atoms with E-state index in [0.29, 0.717) is 6.04 Å². The minimum absolute atomic E-state index is 0.516. The Balaban J connectivity index is 1.77. The number of nitrogens with zero attached hydrogens (tertiary/aromatic N) is 3. The molecule has 0 saturated carbocycles. The Morgan fingerprint density at radius 1 is 1.32 bits per heavy atom. The molecule has 1 unspecified atom stereocenters. The third kappa shape index (κ3) is 2.82. The van der Waals surface area contributed by atoms with E-state index in [1.54, 1.807) is 0 Å². The van der Waals surface area contributed by atoms with Crippen LogP contribution in [0.3, 0.4) is 0 Å². The fourth-order valence-corrected chi connectivity index (χ4v) is 2.90. The van der Waals surface area contributed by atoms with Crippen molar-refractivity contribution in [3.8, 4) is 0 Å². The fraction of sp³-hybridized carbons (Fsp3) is 0.375. The molecule has 2 aromatic rings. The molecule has 1 atom stereocenters. The van der Waals surface area contributed by atoms with Gasteiger partial charge in [-0.05, 0) is 55.6 Å². The molecule has 3 nitrogen and oxygen atoms in total. The number of likely N-dealkylation sites (tertiary alicyclic amines) is 1. The Labute approximate surface area is 114 Å². The van der Waals surface area contributed by atoms with Crippen LogP contribution >= 0.6 is 0 Å². The third-order valence-electron chi connectivity index (χ3n) is 3.78. The van der Waals surface area contributed by atoms with E-state index in [2.05, 4.69) is 33.1 Å². The lowest BCUT2D eigenvalue weighted by Crippen LogP contribution is -2.22. The zero-order chi connectivity index (χ0) is 13.1. The molecule has 3 heterocycles. The van der Waals surface area contributed by atoms with Crippen molar-refractivity contribution in [3.05, 3.63) is 59.7 Å². The Morgan fingerprint density at radius 2 is 2.26 bits per heavy atom. The number of aryl methyl sites for hydroxylation is 1. The zero-order valence-corrected chi connectivity index (χ0v) is 11.3. The van der Waals surface area contributed by atoms with Crippen LogP contribution in [-0.4, -0.2) is 21.4 Å². The maximum absolute atomic E-state index is 4.26. The lowest BCUT2D eigenvalue weighted by atomic mass is 10.1. The highest BCUT2D eigenvalue weighted by atomic mass is 15.2. The second kappa shape index (κ2) is 5.49. The van der Waals surface area contributed by atoms with Gasteiger partial charge in [0.05, 0.1) is 0 Å². The lowest BCUT2D eigenvalue weighted by Gasteiger charge is -2.24. The summed E-state index contributed by atoms with van der Waals surface area (Å²) in [7, 11) is 0. The summed E-state index contributed by atoms with van der Waals surface area (Å²) in [4.78, 5) is 11.1. The molecule has 0 aliphatic carbocycles. The molecule has 0 amide bonds. The van der Waals surface area contributed by atoms with Gasteiger partial charge >= 0.3 is 0 Å². The summed E-state index contributed by atoms with van der Waals surface area (Å²) in [6.45, 7) is 4.22. The van der Waals surface area contributed by atoms with Crippen molar-refractivity contribution in [2.45, 2.75) is 32.4 Å². The van der Waals surface area contributed by atoms with E-state index in [1.165, 1.54) is 30.5 Å². The van der Waals surface area contributed by atoms with Gasteiger partial charge < -0.3 is 0 Å². The maximum atomic E-state index is 4.26. The summed E-state index contributed by atoms with van der Waals surface area (Å²) in [6.07, 6.45) is 8.25. The van der Waals surface area contributed by atoms with Crippen LogP contribution in [0.1, 0.15) is 35.7 Å². The van der Waals surface area contributed by atoms with Crippen LogP contribution in [0.5, 0.6) is 0 Å². The second-order valence-corrected chi connectivity index (χ2v) is 5.22. The van der Waals surface area contributed by atoms with Crippen LogP contribution in [-0.2, 0) is 6.54 Å². The number of rotatable bonds is 3. The quantitative estimate of drug-likeness (QED) is 0.841. The predicted molar refractivity (Wildman–Crippen MR) is 75.6 cm³/mol. The summed E-state index contributed by atoms with van der Waals surface area (Å²) in [5.74, 6) is 0. The molecule has 3 rings (SSSR count). The number of hydrogen-bond acceptors (Lipinski definition) is 3. The van der Waals surface area contributed by atoms with E-state index >= 15 is 0 Å². The average Bonchev–Trinajstić information content (AvgIpc) is 2.88. The molecule has 1 aliphatic heterocycles. The van der Waals surface area contributed by atoms with Crippen LogP contribution in [0.25, 0.3) is 0 Å². The summed E-state index contributed by atoms with van der Waals surface area (Å²) < 4.78 is 0. The summed E-state index contributed by atoms with van der Waals surface area (Å²) in [6, 6.07) is 9.03. The van der Waals surface area contributed by atoms with Crippen molar-refractivity contribution in [3.63, 3.8) is 0 Å². The van der Waals surface area contributed by atoms with Crippen molar-refractivity contribution in [2.75, 3.05) is 6.54 Å². The average molecular weight is 253 g/mol. The first-order chi connectivity index (χ1) is 9.33. The highest BCUT2D eigenvalue weighted by Gasteiger charge is 2.25. The first kappa shape index (κ1) is 12.3. The lowest BCUT2D eigenvalue weighted by molar-refractivity contribution is 0.248. The van der Waals surface area contributed by atoms with Crippen molar-refractivity contribution >= 4 is 0 Å². The standard InChI is InChI=1S/C16H19N3/c1-13-10-14(6-8-18-13)12-19-9-3-5-16(19)15-4-2-7-17-11-15/h2,4,6-8,10-11,16H,3,5,9,12H2,1H3. The Morgan fingerprint density at radius 3 is 3.05 bits per heavy atom. The SMILES string of the molecule is Cc1cc(CN2CCCC2c2cccnc2)ccn1. The van der Waals surface area contributed by atoms with Crippen molar-refractivity contribution in [1.82, 2.24) is 14.9 Å². The second-order valence-electron chi connectivity index (χ2n) is 5.22. The number of pyridine rings is 2. The minimum atomic E-state index is 0.516. The molecular weight excluding hydrogens is 234 g/mol. The van der Waals surface area contributed by atoms with Gasteiger partial charge in [-0.25, -0.2) is 0 Å². The highest BCUT2D eigenvalue weighted by Crippen LogP contribution is 2.32. The van der Waals surface area contributed by atoms with E-state index in [4.69, 9.17) is 0 Å². The summed E-state index contributed by atoms with van der Waals surface area (Å²) in [5, 5.41) is 0. The molecule has 0 aromatic carbocycles. The Hall–Kier alpha value is -1.74. The molecule has 0 spiro atoms. The monoisotopic (exact) mass is 253 g/mol. The molecule has 2 aromatic heterocycles. The molecule has 98 valence electrons. The third-order valence-corrected chi connectivity index (χ3v) is 3.78. The minimum Gasteiger partial charge on any atom is -0.292 e. The van der Waals surface area contributed by atoms with E-state index in [-0.39, 0.29) is 0 Å². The van der Waals surface area contributed by atoms with Crippen LogP contribution < -0.4 is 0 Å².